The number of benzene rings is 2. The first-order chi connectivity index (χ1) is 16.9. The third kappa shape index (κ3) is 5.09. The molecule has 1 saturated heterocycles. The summed E-state index contributed by atoms with van der Waals surface area (Å²) < 4.78 is 5.52. The van der Waals surface area contributed by atoms with Crippen molar-refractivity contribution in [3.63, 3.8) is 0 Å². The van der Waals surface area contributed by atoms with Crippen molar-refractivity contribution in [2.24, 2.45) is 5.92 Å². The van der Waals surface area contributed by atoms with E-state index in [4.69, 9.17) is 4.74 Å². The number of rotatable bonds is 7. The van der Waals surface area contributed by atoms with E-state index in [0.717, 1.165) is 48.7 Å². The van der Waals surface area contributed by atoms with Crippen LogP contribution in [0.1, 0.15) is 49.7 Å². The summed E-state index contributed by atoms with van der Waals surface area (Å²) in [5, 5.41) is 25.0. The molecule has 1 amide bonds. The van der Waals surface area contributed by atoms with Crippen molar-refractivity contribution >= 4 is 12.0 Å². The molecule has 1 aliphatic heterocycles. The number of likely N-dealkylation sites (tertiary alicyclic amines) is 1. The van der Waals surface area contributed by atoms with Gasteiger partial charge in [-0.25, -0.2) is 0 Å². The number of phenols is 1. The predicted octanol–water partition coefficient (Wildman–Crippen LogP) is 3.87. The van der Waals surface area contributed by atoms with E-state index in [0.29, 0.717) is 19.4 Å². The maximum atomic E-state index is 12.8. The van der Waals surface area contributed by atoms with Gasteiger partial charge in [0, 0.05) is 30.6 Å². The van der Waals surface area contributed by atoms with Crippen molar-refractivity contribution in [3.8, 4) is 11.5 Å². The van der Waals surface area contributed by atoms with Gasteiger partial charge in [0.1, 0.15) is 11.5 Å². The van der Waals surface area contributed by atoms with Crippen LogP contribution in [0, 0.1) is 5.92 Å². The Morgan fingerprint density at radius 3 is 2.77 bits per heavy atom. The summed E-state index contributed by atoms with van der Waals surface area (Å²) in [6, 6.07) is 14.9. The van der Waals surface area contributed by atoms with Crippen molar-refractivity contribution in [2.45, 2.75) is 55.6 Å². The van der Waals surface area contributed by atoms with Crippen LogP contribution in [0.3, 0.4) is 0 Å². The van der Waals surface area contributed by atoms with Crippen molar-refractivity contribution in [1.29, 1.82) is 0 Å². The fourth-order valence-electron chi connectivity index (χ4n) is 6.17. The number of hydrogen-bond acceptors (Lipinski definition) is 5. The van der Waals surface area contributed by atoms with Crippen LogP contribution in [-0.2, 0) is 10.2 Å². The van der Waals surface area contributed by atoms with Gasteiger partial charge in [0.05, 0.1) is 12.7 Å². The molecule has 0 bridgehead atoms. The summed E-state index contributed by atoms with van der Waals surface area (Å²) in [5.41, 5.74) is 0.589. The van der Waals surface area contributed by atoms with Crippen molar-refractivity contribution in [1.82, 2.24) is 10.2 Å². The Morgan fingerprint density at radius 1 is 1.17 bits per heavy atom. The minimum absolute atomic E-state index is 0.0298. The SMILES string of the molecule is COc1cccc(C23CCN(CC4CC4)CC2(O)CCC(NC(=O)/C=C/c2cccc(O)c2)C3)c1. The Morgan fingerprint density at radius 2 is 2.00 bits per heavy atom. The molecule has 3 unspecified atom stereocenters. The van der Waals surface area contributed by atoms with Crippen molar-refractivity contribution in [2.75, 3.05) is 26.7 Å². The van der Waals surface area contributed by atoms with Gasteiger partial charge in [-0.2, -0.15) is 0 Å². The van der Waals surface area contributed by atoms with E-state index in [1.54, 1.807) is 31.4 Å². The molecule has 186 valence electrons. The van der Waals surface area contributed by atoms with E-state index in [2.05, 4.69) is 22.3 Å². The van der Waals surface area contributed by atoms with Gasteiger partial charge >= 0.3 is 0 Å². The first-order valence-electron chi connectivity index (χ1n) is 12.8. The van der Waals surface area contributed by atoms with Crippen LogP contribution < -0.4 is 10.1 Å². The predicted molar refractivity (Wildman–Crippen MR) is 136 cm³/mol. The number of aromatic hydroxyl groups is 1. The van der Waals surface area contributed by atoms with Gasteiger partial charge in [0.15, 0.2) is 0 Å². The molecule has 35 heavy (non-hydrogen) atoms. The summed E-state index contributed by atoms with van der Waals surface area (Å²) in [6.07, 6.45) is 8.78. The quantitative estimate of drug-likeness (QED) is 0.529. The van der Waals surface area contributed by atoms with E-state index in [9.17, 15) is 15.0 Å². The van der Waals surface area contributed by atoms with E-state index in [-0.39, 0.29) is 17.7 Å². The number of hydrogen-bond donors (Lipinski definition) is 3. The normalized spacial score (nSPS) is 29.0. The van der Waals surface area contributed by atoms with Crippen LogP contribution >= 0.6 is 0 Å². The number of β-amino-alcohol motifs (C(OH)–C–C–N with tert-alkyl or cyclic N) is 1. The summed E-state index contributed by atoms with van der Waals surface area (Å²) in [6.45, 7) is 2.71. The average molecular weight is 477 g/mol. The molecule has 3 atom stereocenters. The number of nitrogens with one attached hydrogen (secondary N) is 1. The minimum atomic E-state index is -0.842. The Labute approximate surface area is 207 Å². The molecule has 2 aromatic carbocycles. The number of methoxy groups -OCH3 is 1. The molecule has 0 aromatic heterocycles. The van der Waals surface area contributed by atoms with Gasteiger partial charge in [-0.05, 0) is 92.5 Å². The standard InChI is InChI=1S/C29H36N2O4/c1-35-26-7-3-5-23(17-26)28-14-15-31(19-22-8-9-22)20-29(28,34)13-12-24(18-28)30-27(33)11-10-21-4-2-6-25(32)16-21/h2-7,10-11,16-17,22,24,32,34H,8-9,12-15,18-20H2,1H3,(H,30,33)/b11-10+. The summed E-state index contributed by atoms with van der Waals surface area (Å²) in [5.74, 6) is 1.60. The monoisotopic (exact) mass is 476 g/mol. The third-order valence-electron chi connectivity index (χ3n) is 8.21. The summed E-state index contributed by atoms with van der Waals surface area (Å²) in [4.78, 5) is 15.2. The van der Waals surface area contributed by atoms with Crippen molar-refractivity contribution in [3.05, 3.63) is 65.7 Å². The highest BCUT2D eigenvalue weighted by Gasteiger charge is 2.57. The molecule has 1 heterocycles. The fraction of sp³-hybridized carbons (Fsp3) is 0.483. The van der Waals surface area contributed by atoms with Gasteiger partial charge in [0.2, 0.25) is 5.91 Å². The average Bonchev–Trinajstić information content (AvgIpc) is 3.67. The number of ether oxygens (including phenoxy) is 1. The largest absolute Gasteiger partial charge is 0.508 e. The number of piperidine rings is 1. The maximum Gasteiger partial charge on any atom is 0.244 e. The lowest BCUT2D eigenvalue weighted by molar-refractivity contribution is -0.132. The van der Waals surface area contributed by atoms with Crippen LogP contribution in [0.25, 0.3) is 6.08 Å². The number of carbonyl (C=O) groups is 1. The number of fused-ring (bicyclic) bond motifs is 1. The van der Waals surface area contributed by atoms with Crippen LogP contribution in [0.5, 0.6) is 11.5 Å². The lowest BCUT2D eigenvalue weighted by Crippen LogP contribution is -2.67. The Kier molecular flexibility index (Phi) is 6.60. The molecular formula is C29H36N2O4. The van der Waals surface area contributed by atoms with E-state index in [1.807, 2.05) is 18.2 Å². The zero-order chi connectivity index (χ0) is 24.5. The van der Waals surface area contributed by atoms with Crippen LogP contribution in [0.15, 0.2) is 54.6 Å². The molecular weight excluding hydrogens is 440 g/mol. The van der Waals surface area contributed by atoms with Crippen molar-refractivity contribution < 1.29 is 19.7 Å². The Hall–Kier alpha value is -2.83. The second kappa shape index (κ2) is 9.67. The molecule has 3 N–H and O–H groups in total. The Balaban J connectivity index is 1.36. The highest BCUT2D eigenvalue weighted by Crippen LogP contribution is 2.52. The first-order valence-corrected chi connectivity index (χ1v) is 12.8. The van der Waals surface area contributed by atoms with E-state index < -0.39 is 11.0 Å². The summed E-state index contributed by atoms with van der Waals surface area (Å²) >= 11 is 0. The molecule has 6 nitrogen and oxygen atoms in total. The number of carbonyl (C=O) groups excluding carboxylic acids is 1. The molecule has 6 heteroatoms. The zero-order valence-electron chi connectivity index (χ0n) is 20.5. The van der Waals surface area contributed by atoms with Gasteiger partial charge in [-0.3, -0.25) is 4.79 Å². The second-order valence-corrected chi connectivity index (χ2v) is 10.7. The molecule has 2 aliphatic carbocycles. The second-order valence-electron chi connectivity index (χ2n) is 10.7. The molecule has 3 aliphatic rings. The smallest absolute Gasteiger partial charge is 0.244 e. The zero-order valence-corrected chi connectivity index (χ0v) is 20.5. The van der Waals surface area contributed by atoms with Gasteiger partial charge in [-0.15, -0.1) is 0 Å². The number of nitrogens with zero attached hydrogens (tertiary/aromatic N) is 1. The highest BCUT2D eigenvalue weighted by atomic mass is 16.5. The molecule has 5 rings (SSSR count). The first kappa shape index (κ1) is 23.9. The number of amides is 1. The lowest BCUT2D eigenvalue weighted by Gasteiger charge is -2.58. The molecule has 2 saturated carbocycles. The maximum absolute atomic E-state index is 12.8. The lowest BCUT2D eigenvalue weighted by atomic mass is 9.55. The third-order valence-corrected chi connectivity index (χ3v) is 8.21. The van der Waals surface area contributed by atoms with Crippen LogP contribution in [-0.4, -0.2) is 59.4 Å². The van der Waals surface area contributed by atoms with Gasteiger partial charge in [-0.1, -0.05) is 24.3 Å². The molecule has 3 fully saturated rings. The van der Waals surface area contributed by atoms with Gasteiger partial charge in [0.25, 0.3) is 0 Å². The van der Waals surface area contributed by atoms with Gasteiger partial charge < -0.3 is 25.2 Å². The van der Waals surface area contributed by atoms with E-state index >= 15 is 0 Å². The van der Waals surface area contributed by atoms with Crippen LogP contribution in [0.2, 0.25) is 0 Å². The number of aliphatic hydroxyl groups is 1. The topological polar surface area (TPSA) is 82.0 Å². The minimum Gasteiger partial charge on any atom is -0.508 e. The van der Waals surface area contributed by atoms with E-state index in [1.165, 1.54) is 18.9 Å². The molecule has 0 spiro atoms. The fourth-order valence-corrected chi connectivity index (χ4v) is 6.17. The molecule has 2 aromatic rings. The highest BCUT2D eigenvalue weighted by molar-refractivity contribution is 5.92. The molecule has 0 radical (unpaired) electrons. The Bertz CT molecular complexity index is 1100. The summed E-state index contributed by atoms with van der Waals surface area (Å²) in [7, 11) is 1.67. The number of phenolic OH excluding ortho intramolecular Hbond substituents is 1. The van der Waals surface area contributed by atoms with Crippen LogP contribution in [0.4, 0.5) is 0 Å².